The van der Waals surface area contributed by atoms with Crippen molar-refractivity contribution in [3.05, 3.63) is 27.3 Å². The van der Waals surface area contributed by atoms with Crippen LogP contribution in [-0.2, 0) is 14.6 Å². The van der Waals surface area contributed by atoms with E-state index >= 15 is 0 Å². The molecule has 1 atom stereocenters. The van der Waals surface area contributed by atoms with E-state index in [0.717, 1.165) is 0 Å². The zero-order valence-electron chi connectivity index (χ0n) is 11.0. The smallest absolute Gasteiger partial charge is 0.337 e. The lowest BCUT2D eigenvalue weighted by Gasteiger charge is -2.21. The van der Waals surface area contributed by atoms with Gasteiger partial charge >= 0.3 is 5.97 Å². The van der Waals surface area contributed by atoms with E-state index in [9.17, 15) is 18.0 Å². The molecule has 1 aliphatic rings. The topological polar surface area (TPSA) is 101 Å². The van der Waals surface area contributed by atoms with Gasteiger partial charge in [-0.25, -0.2) is 13.2 Å². The van der Waals surface area contributed by atoms with Gasteiger partial charge in [-0.15, -0.1) is 0 Å². The third-order valence-electron chi connectivity index (χ3n) is 3.34. The molecule has 1 fully saturated rings. The number of amides is 1. The molecule has 0 saturated carbocycles. The summed E-state index contributed by atoms with van der Waals surface area (Å²) in [5, 5.41) is 10.5. The second-order valence-electron chi connectivity index (χ2n) is 4.84. The first-order valence-electron chi connectivity index (χ1n) is 6.36. The molecule has 1 saturated heterocycles. The summed E-state index contributed by atoms with van der Waals surface area (Å²) < 4.78 is 24.5. The molecular weight excluding hydrogens is 409 g/mol. The van der Waals surface area contributed by atoms with Gasteiger partial charge in [0.15, 0.2) is 9.84 Å². The van der Waals surface area contributed by atoms with Gasteiger partial charge in [-0.1, -0.05) is 6.42 Å². The van der Waals surface area contributed by atoms with Crippen molar-refractivity contribution < 1.29 is 23.1 Å². The summed E-state index contributed by atoms with van der Waals surface area (Å²) >= 11 is 1.97. The predicted molar refractivity (Wildman–Crippen MR) is 86.2 cm³/mol. The van der Waals surface area contributed by atoms with Gasteiger partial charge in [-0.3, -0.25) is 4.79 Å². The third-order valence-corrected chi connectivity index (χ3v) is 6.19. The lowest BCUT2D eigenvalue weighted by molar-refractivity contribution is -0.116. The van der Waals surface area contributed by atoms with E-state index in [0.29, 0.717) is 16.4 Å². The molecule has 0 radical (unpaired) electrons. The van der Waals surface area contributed by atoms with Gasteiger partial charge in [0.1, 0.15) is 5.25 Å². The van der Waals surface area contributed by atoms with E-state index in [4.69, 9.17) is 5.11 Å². The van der Waals surface area contributed by atoms with Crippen molar-refractivity contribution in [3.8, 4) is 0 Å². The molecule has 0 spiro atoms. The monoisotopic (exact) mass is 423 g/mol. The van der Waals surface area contributed by atoms with Crippen molar-refractivity contribution in [2.24, 2.45) is 0 Å². The number of carbonyl (C=O) groups is 2. The van der Waals surface area contributed by atoms with Gasteiger partial charge in [0.2, 0.25) is 5.91 Å². The quantitative estimate of drug-likeness (QED) is 0.724. The summed E-state index contributed by atoms with van der Waals surface area (Å²) in [6.45, 7) is 0. The number of sulfone groups is 1. The van der Waals surface area contributed by atoms with Crippen LogP contribution >= 0.6 is 22.6 Å². The second-order valence-corrected chi connectivity index (χ2v) is 8.38. The molecule has 0 aromatic heterocycles. The van der Waals surface area contributed by atoms with Gasteiger partial charge < -0.3 is 10.4 Å². The first kappa shape index (κ1) is 16.2. The molecule has 1 unspecified atom stereocenters. The Morgan fingerprint density at radius 2 is 2.00 bits per heavy atom. The molecule has 1 amide bonds. The number of hydrogen-bond donors (Lipinski definition) is 2. The van der Waals surface area contributed by atoms with E-state index < -0.39 is 27.0 Å². The Labute approximate surface area is 136 Å². The Bertz CT molecular complexity index is 686. The Kier molecular flexibility index (Phi) is 4.87. The summed E-state index contributed by atoms with van der Waals surface area (Å²) in [7, 11) is -3.45. The fourth-order valence-electron chi connectivity index (χ4n) is 2.26. The summed E-state index contributed by atoms with van der Waals surface area (Å²) in [6.07, 6.45) is 1.52. The maximum absolute atomic E-state index is 12.2. The number of rotatable bonds is 3. The predicted octanol–water partition coefficient (Wildman–Crippen LogP) is 1.90. The zero-order chi connectivity index (χ0) is 15.6. The zero-order valence-corrected chi connectivity index (χ0v) is 14.0. The highest BCUT2D eigenvalue weighted by Crippen LogP contribution is 2.23. The highest BCUT2D eigenvalue weighted by Gasteiger charge is 2.35. The molecule has 2 N–H and O–H groups in total. The average Bonchev–Trinajstić information content (AvgIpc) is 2.39. The van der Waals surface area contributed by atoms with Gasteiger partial charge in [0.05, 0.1) is 17.0 Å². The minimum atomic E-state index is -3.45. The fourth-order valence-corrected chi connectivity index (χ4v) is 4.56. The summed E-state index contributed by atoms with van der Waals surface area (Å²) in [5.41, 5.74) is 0.0668. The van der Waals surface area contributed by atoms with E-state index in [1.165, 1.54) is 12.1 Å². The number of nitrogens with one attached hydrogen (secondary N) is 1. The average molecular weight is 423 g/mol. The maximum Gasteiger partial charge on any atom is 0.337 e. The van der Waals surface area contributed by atoms with Crippen LogP contribution in [0.4, 0.5) is 5.69 Å². The lowest BCUT2D eigenvalue weighted by Crippen LogP contribution is -2.39. The van der Waals surface area contributed by atoms with Crippen molar-refractivity contribution >= 4 is 50.0 Å². The number of aromatic carboxylic acids is 1. The Morgan fingerprint density at radius 3 is 2.62 bits per heavy atom. The number of hydrogen-bond acceptors (Lipinski definition) is 4. The number of carboxylic acid groups (broad SMARTS) is 1. The molecular formula is C13H14INO5S. The number of anilines is 1. The molecule has 6 nitrogen and oxygen atoms in total. The molecule has 1 aromatic carbocycles. The molecule has 0 bridgehead atoms. The SMILES string of the molecule is O=C(O)c1cc(I)ccc1NC(=O)C1CCCCS1(=O)=O. The minimum absolute atomic E-state index is 0.00353. The third kappa shape index (κ3) is 3.73. The molecule has 1 aromatic rings. The van der Waals surface area contributed by atoms with Gasteiger partial charge in [-0.05, 0) is 53.6 Å². The highest BCUT2D eigenvalue weighted by atomic mass is 127. The van der Waals surface area contributed by atoms with E-state index in [-0.39, 0.29) is 23.4 Å². The summed E-state index contributed by atoms with van der Waals surface area (Å²) in [5.74, 6) is -1.82. The molecule has 0 aliphatic carbocycles. The van der Waals surface area contributed by atoms with Crippen LogP contribution in [0.25, 0.3) is 0 Å². The highest BCUT2D eigenvalue weighted by molar-refractivity contribution is 14.1. The molecule has 1 heterocycles. The summed E-state index contributed by atoms with van der Waals surface area (Å²) in [6, 6.07) is 4.55. The first-order valence-corrected chi connectivity index (χ1v) is 9.16. The van der Waals surface area contributed by atoms with Crippen molar-refractivity contribution in [1.29, 1.82) is 0 Å². The van der Waals surface area contributed by atoms with Crippen molar-refractivity contribution in [3.63, 3.8) is 0 Å². The van der Waals surface area contributed by atoms with Gasteiger partial charge in [0, 0.05) is 3.57 Å². The van der Waals surface area contributed by atoms with Gasteiger partial charge in [-0.2, -0.15) is 0 Å². The van der Waals surface area contributed by atoms with Crippen LogP contribution in [0, 0.1) is 3.57 Å². The standard InChI is InChI=1S/C13H14INO5S/c14-8-4-5-10(9(7-8)13(17)18)15-12(16)11-3-1-2-6-21(11,19)20/h4-5,7,11H,1-3,6H2,(H,15,16)(H,17,18). The van der Waals surface area contributed by atoms with Crippen LogP contribution in [0.3, 0.4) is 0 Å². The van der Waals surface area contributed by atoms with Crippen LogP contribution in [0.1, 0.15) is 29.6 Å². The van der Waals surface area contributed by atoms with Crippen LogP contribution in [-0.4, -0.2) is 36.4 Å². The fraction of sp³-hybridized carbons (Fsp3) is 0.385. The summed E-state index contributed by atoms with van der Waals surface area (Å²) in [4.78, 5) is 23.3. The number of carboxylic acids is 1. The molecule has 8 heteroatoms. The number of benzene rings is 1. The minimum Gasteiger partial charge on any atom is -0.478 e. The maximum atomic E-state index is 12.2. The van der Waals surface area contributed by atoms with Gasteiger partial charge in [0.25, 0.3) is 0 Å². The van der Waals surface area contributed by atoms with E-state index in [1.807, 2.05) is 22.6 Å². The largest absolute Gasteiger partial charge is 0.478 e. The van der Waals surface area contributed by atoms with E-state index in [2.05, 4.69) is 5.32 Å². The number of carbonyl (C=O) groups excluding carboxylic acids is 1. The molecule has 21 heavy (non-hydrogen) atoms. The lowest BCUT2D eigenvalue weighted by atomic mass is 10.1. The Morgan fingerprint density at radius 1 is 1.29 bits per heavy atom. The first-order chi connectivity index (χ1) is 9.81. The van der Waals surface area contributed by atoms with Crippen molar-refractivity contribution in [1.82, 2.24) is 0 Å². The molecule has 2 rings (SSSR count). The van der Waals surface area contributed by atoms with Crippen molar-refractivity contribution in [2.75, 3.05) is 11.1 Å². The Hall–Kier alpha value is -1.16. The van der Waals surface area contributed by atoms with Crippen LogP contribution in [0.15, 0.2) is 18.2 Å². The normalized spacial score (nSPS) is 20.7. The second kappa shape index (κ2) is 6.30. The van der Waals surface area contributed by atoms with Crippen LogP contribution in [0.5, 0.6) is 0 Å². The van der Waals surface area contributed by atoms with Crippen molar-refractivity contribution in [2.45, 2.75) is 24.5 Å². The van der Waals surface area contributed by atoms with E-state index in [1.54, 1.807) is 6.07 Å². The molecule has 1 aliphatic heterocycles. The van der Waals surface area contributed by atoms with Crippen LogP contribution < -0.4 is 5.32 Å². The number of halogens is 1. The Balaban J connectivity index is 2.26. The van der Waals surface area contributed by atoms with Crippen LogP contribution in [0.2, 0.25) is 0 Å². The molecule has 114 valence electrons.